The first-order chi connectivity index (χ1) is 16.1. The van der Waals surface area contributed by atoms with Crippen LogP contribution in [0.15, 0.2) is 64.7 Å². The molecular weight excluding hydrogens is 434 g/mol. The Hall–Kier alpha value is -3.39. The number of aromatic nitrogens is 1. The van der Waals surface area contributed by atoms with Crippen LogP contribution in [0.4, 0.5) is 5.69 Å². The van der Waals surface area contributed by atoms with Gasteiger partial charge in [0.2, 0.25) is 5.91 Å². The van der Waals surface area contributed by atoms with Crippen LogP contribution in [0.25, 0.3) is 10.9 Å². The van der Waals surface area contributed by atoms with Crippen LogP contribution in [0.2, 0.25) is 0 Å². The van der Waals surface area contributed by atoms with E-state index in [0.29, 0.717) is 30.5 Å². The van der Waals surface area contributed by atoms with Gasteiger partial charge in [-0.25, -0.2) is 9.89 Å². The molecule has 7 nitrogen and oxygen atoms in total. The zero-order valence-corrected chi connectivity index (χ0v) is 19.4. The Morgan fingerprint density at radius 2 is 1.88 bits per heavy atom. The second-order valence-corrected chi connectivity index (χ2v) is 8.91. The predicted molar refractivity (Wildman–Crippen MR) is 133 cm³/mol. The summed E-state index contributed by atoms with van der Waals surface area (Å²) in [4.78, 5) is 42.3. The van der Waals surface area contributed by atoms with E-state index in [4.69, 9.17) is 9.98 Å². The third-order valence-electron chi connectivity index (χ3n) is 6.08. The molecule has 1 atom stereocenters. The van der Waals surface area contributed by atoms with E-state index in [0.717, 1.165) is 27.7 Å². The molecule has 1 aromatic heterocycles. The molecule has 0 fully saturated rings. The molecular formula is C25H25N5O2S. The number of nitrogens with one attached hydrogen (secondary N) is 1. The van der Waals surface area contributed by atoms with Crippen LogP contribution >= 0.6 is 11.8 Å². The molecule has 8 heteroatoms. The number of hydrogen-bond donors (Lipinski definition) is 1. The highest BCUT2D eigenvalue weighted by Gasteiger charge is 2.41. The number of aliphatic imine (C=N–C) groups is 2. The molecule has 0 saturated heterocycles. The molecule has 2 aliphatic heterocycles. The Labute approximate surface area is 196 Å². The number of thioether (sulfide) groups is 1. The standard InChI is InChI=1S/C25H25N5O2S/c1-3-29(4-2)22(31)15-33-25-28-20-12-8-6-10-18(20)23-27-21(24(32)30(23)25)13-16-14-26-19-11-7-5-9-17(16)19/h5-12,14,21,26H,3-4,13,15H2,1-2H3/t21-/m1/s1. The van der Waals surface area contributed by atoms with Gasteiger partial charge < -0.3 is 9.88 Å². The number of hydrogen-bond acceptors (Lipinski definition) is 5. The van der Waals surface area contributed by atoms with E-state index in [-0.39, 0.29) is 17.6 Å². The molecule has 0 radical (unpaired) electrons. The van der Waals surface area contributed by atoms with Gasteiger partial charge in [0.25, 0.3) is 5.91 Å². The lowest BCUT2D eigenvalue weighted by Gasteiger charge is -2.26. The van der Waals surface area contributed by atoms with Crippen molar-refractivity contribution in [2.24, 2.45) is 9.98 Å². The number of nitrogens with zero attached hydrogens (tertiary/aromatic N) is 4. The van der Waals surface area contributed by atoms with Crippen LogP contribution < -0.4 is 0 Å². The van der Waals surface area contributed by atoms with Crippen LogP contribution in [0.1, 0.15) is 25.0 Å². The van der Waals surface area contributed by atoms with Gasteiger partial charge in [-0.15, -0.1) is 0 Å². The third kappa shape index (κ3) is 3.84. The van der Waals surface area contributed by atoms with E-state index >= 15 is 0 Å². The van der Waals surface area contributed by atoms with Crippen molar-refractivity contribution in [3.8, 4) is 0 Å². The average Bonchev–Trinajstić information content (AvgIpc) is 3.40. The highest BCUT2D eigenvalue weighted by atomic mass is 32.2. The number of amides is 2. The van der Waals surface area contributed by atoms with Crippen molar-refractivity contribution < 1.29 is 9.59 Å². The Kier molecular flexibility index (Phi) is 5.76. The highest BCUT2D eigenvalue weighted by Crippen LogP contribution is 2.34. The van der Waals surface area contributed by atoms with Gasteiger partial charge in [-0.3, -0.25) is 14.6 Å². The van der Waals surface area contributed by atoms with Gasteiger partial charge in [0.1, 0.15) is 11.9 Å². The zero-order valence-electron chi connectivity index (χ0n) is 18.6. The quantitative estimate of drug-likeness (QED) is 0.606. The maximum atomic E-state index is 13.5. The molecule has 168 valence electrons. The minimum absolute atomic E-state index is 0.0343. The number of amidine groups is 2. The summed E-state index contributed by atoms with van der Waals surface area (Å²) in [5, 5.41) is 1.61. The Bertz CT molecular complexity index is 1290. The molecule has 0 bridgehead atoms. The molecule has 2 aromatic carbocycles. The predicted octanol–water partition coefficient (Wildman–Crippen LogP) is 3.97. The summed E-state index contributed by atoms with van der Waals surface area (Å²) in [6, 6.07) is 15.2. The van der Waals surface area contributed by atoms with Gasteiger partial charge >= 0.3 is 0 Å². The van der Waals surface area contributed by atoms with E-state index in [1.54, 1.807) is 9.80 Å². The Morgan fingerprint density at radius 3 is 2.70 bits per heavy atom. The van der Waals surface area contributed by atoms with Crippen LogP contribution in [-0.4, -0.2) is 62.5 Å². The van der Waals surface area contributed by atoms with E-state index in [9.17, 15) is 9.59 Å². The van der Waals surface area contributed by atoms with Gasteiger partial charge in [-0.1, -0.05) is 42.1 Å². The number of rotatable bonds is 6. The van der Waals surface area contributed by atoms with Crippen LogP contribution in [0.3, 0.4) is 0 Å². The van der Waals surface area contributed by atoms with Crippen molar-refractivity contribution >= 4 is 51.2 Å². The van der Waals surface area contributed by atoms with Crippen LogP contribution in [0.5, 0.6) is 0 Å². The summed E-state index contributed by atoms with van der Waals surface area (Å²) in [5.41, 5.74) is 3.71. The Balaban J connectivity index is 1.44. The largest absolute Gasteiger partial charge is 0.361 e. The molecule has 5 rings (SSSR count). The minimum atomic E-state index is -0.533. The summed E-state index contributed by atoms with van der Waals surface area (Å²) in [5.74, 6) is 0.777. The molecule has 1 N–H and O–H groups in total. The molecule has 2 amide bonds. The average molecular weight is 460 g/mol. The van der Waals surface area contributed by atoms with Crippen molar-refractivity contribution in [2.75, 3.05) is 18.8 Å². The Morgan fingerprint density at radius 1 is 1.12 bits per heavy atom. The summed E-state index contributed by atoms with van der Waals surface area (Å²) < 4.78 is 0. The van der Waals surface area contributed by atoms with Crippen molar-refractivity contribution in [1.82, 2.24) is 14.8 Å². The first kappa shape index (κ1) is 21.5. The maximum Gasteiger partial charge on any atom is 0.259 e. The smallest absolute Gasteiger partial charge is 0.259 e. The van der Waals surface area contributed by atoms with Gasteiger partial charge in [-0.05, 0) is 37.6 Å². The normalized spacial score (nSPS) is 17.0. The number of carbonyl (C=O) groups is 2. The van der Waals surface area contributed by atoms with E-state index in [2.05, 4.69) is 11.1 Å². The fourth-order valence-electron chi connectivity index (χ4n) is 4.33. The molecule has 3 heterocycles. The highest BCUT2D eigenvalue weighted by molar-refractivity contribution is 8.14. The summed E-state index contributed by atoms with van der Waals surface area (Å²) >= 11 is 1.30. The molecule has 0 spiro atoms. The molecule has 3 aromatic rings. The molecule has 0 aliphatic carbocycles. The van der Waals surface area contributed by atoms with Crippen molar-refractivity contribution in [1.29, 1.82) is 0 Å². The van der Waals surface area contributed by atoms with Crippen LogP contribution in [-0.2, 0) is 16.0 Å². The summed E-state index contributed by atoms with van der Waals surface area (Å²) in [7, 11) is 0. The lowest BCUT2D eigenvalue weighted by molar-refractivity contribution is -0.128. The van der Waals surface area contributed by atoms with Crippen LogP contribution in [0, 0.1) is 0 Å². The zero-order chi connectivity index (χ0) is 22.9. The van der Waals surface area contributed by atoms with Crippen molar-refractivity contribution in [2.45, 2.75) is 26.3 Å². The molecule has 2 aliphatic rings. The van der Waals surface area contributed by atoms with E-state index in [1.165, 1.54) is 11.8 Å². The fraction of sp³-hybridized carbons (Fsp3) is 0.280. The second-order valence-electron chi connectivity index (χ2n) is 7.97. The number of benzene rings is 2. The van der Waals surface area contributed by atoms with Crippen molar-refractivity contribution in [3.05, 3.63) is 65.9 Å². The fourth-order valence-corrected chi connectivity index (χ4v) is 5.24. The number of para-hydroxylation sites is 2. The SMILES string of the molecule is CCN(CC)C(=O)CSC1=Nc2ccccc2C2=N[C@H](Cc3c[nH]c4ccccc34)C(=O)N12. The molecule has 33 heavy (non-hydrogen) atoms. The number of aromatic amines is 1. The maximum absolute atomic E-state index is 13.5. The number of H-pyrrole nitrogens is 1. The van der Waals surface area contributed by atoms with Gasteiger partial charge in [0.15, 0.2) is 5.17 Å². The summed E-state index contributed by atoms with van der Waals surface area (Å²) in [6.45, 7) is 5.25. The third-order valence-corrected chi connectivity index (χ3v) is 7.00. The first-order valence-electron chi connectivity index (χ1n) is 11.2. The second kappa shape index (κ2) is 8.86. The first-order valence-corrected chi connectivity index (χ1v) is 12.1. The number of fused-ring (bicyclic) bond motifs is 4. The van der Waals surface area contributed by atoms with Gasteiger partial charge in [-0.2, -0.15) is 0 Å². The van der Waals surface area contributed by atoms with Crippen molar-refractivity contribution in [3.63, 3.8) is 0 Å². The minimum Gasteiger partial charge on any atom is -0.361 e. The lowest BCUT2D eigenvalue weighted by atomic mass is 10.1. The lowest BCUT2D eigenvalue weighted by Crippen LogP contribution is -2.42. The van der Waals surface area contributed by atoms with Gasteiger partial charge in [0, 0.05) is 42.2 Å². The topological polar surface area (TPSA) is 81.1 Å². The van der Waals surface area contributed by atoms with E-state index < -0.39 is 6.04 Å². The monoisotopic (exact) mass is 459 g/mol. The van der Waals surface area contributed by atoms with Gasteiger partial charge in [0.05, 0.1) is 11.4 Å². The van der Waals surface area contributed by atoms with E-state index in [1.807, 2.05) is 62.5 Å². The molecule has 0 saturated carbocycles. The number of carbonyl (C=O) groups excluding carboxylic acids is 2. The molecule has 0 unspecified atom stereocenters. The summed E-state index contributed by atoms with van der Waals surface area (Å²) in [6.07, 6.45) is 2.46.